The minimum Gasteiger partial charge on any atom is -0.299 e. The summed E-state index contributed by atoms with van der Waals surface area (Å²) in [7, 11) is 1.97. The zero-order chi connectivity index (χ0) is 16.4. The molecule has 0 radical (unpaired) electrons. The molecule has 5 nitrogen and oxygen atoms in total. The Morgan fingerprint density at radius 1 is 1.12 bits per heavy atom. The second kappa shape index (κ2) is 6.61. The zero-order valence-electron chi connectivity index (χ0n) is 14.0. The fourth-order valence-corrected chi connectivity index (χ4v) is 3.65. The maximum atomic E-state index is 4.31. The number of likely N-dealkylation sites (tertiary alicyclic amines) is 1. The van der Waals surface area contributed by atoms with E-state index in [-0.39, 0.29) is 0 Å². The van der Waals surface area contributed by atoms with Crippen LogP contribution in [0.15, 0.2) is 48.9 Å². The van der Waals surface area contributed by atoms with E-state index in [1.54, 1.807) is 0 Å². The second-order valence-electron chi connectivity index (χ2n) is 6.64. The van der Waals surface area contributed by atoms with Crippen molar-refractivity contribution in [2.45, 2.75) is 25.3 Å². The van der Waals surface area contributed by atoms with E-state index in [0.717, 1.165) is 19.6 Å². The van der Waals surface area contributed by atoms with Crippen LogP contribution in [-0.2, 0) is 13.6 Å². The molecular weight excluding hydrogens is 298 g/mol. The summed E-state index contributed by atoms with van der Waals surface area (Å²) in [5.41, 5.74) is 5.09. The first-order valence-corrected chi connectivity index (χ1v) is 8.58. The van der Waals surface area contributed by atoms with E-state index < -0.39 is 0 Å². The van der Waals surface area contributed by atoms with Gasteiger partial charge in [0.2, 0.25) is 0 Å². The summed E-state index contributed by atoms with van der Waals surface area (Å²) in [6.07, 6.45) is 8.38. The van der Waals surface area contributed by atoms with Gasteiger partial charge in [0.25, 0.3) is 0 Å². The maximum Gasteiger partial charge on any atom is 0.0568 e. The molecule has 1 N–H and O–H groups in total. The molecule has 3 aromatic rings. The minimum absolute atomic E-state index is 0.563. The van der Waals surface area contributed by atoms with Crippen molar-refractivity contribution in [1.29, 1.82) is 0 Å². The molecule has 1 saturated heterocycles. The Kier molecular flexibility index (Phi) is 4.17. The second-order valence-corrected chi connectivity index (χ2v) is 6.64. The largest absolute Gasteiger partial charge is 0.299 e. The van der Waals surface area contributed by atoms with Gasteiger partial charge in [0, 0.05) is 42.5 Å². The quantitative estimate of drug-likeness (QED) is 0.803. The highest BCUT2D eigenvalue weighted by molar-refractivity contribution is 5.65. The molecule has 24 heavy (non-hydrogen) atoms. The molecule has 4 rings (SSSR count). The van der Waals surface area contributed by atoms with Crippen LogP contribution in [0.1, 0.15) is 30.0 Å². The molecule has 3 heterocycles. The third kappa shape index (κ3) is 3.12. The number of aromatic amines is 1. The number of benzene rings is 1. The Morgan fingerprint density at radius 2 is 1.92 bits per heavy atom. The molecule has 2 aromatic heterocycles. The van der Waals surface area contributed by atoms with Crippen LogP contribution in [0.25, 0.3) is 11.1 Å². The van der Waals surface area contributed by atoms with Gasteiger partial charge >= 0.3 is 0 Å². The molecule has 0 atom stereocenters. The molecule has 0 aliphatic carbocycles. The Hall–Kier alpha value is -2.40. The first-order chi connectivity index (χ1) is 11.8. The predicted molar refractivity (Wildman–Crippen MR) is 94.5 cm³/mol. The van der Waals surface area contributed by atoms with Crippen LogP contribution < -0.4 is 0 Å². The number of hydrogen-bond acceptors (Lipinski definition) is 3. The van der Waals surface area contributed by atoms with E-state index in [9.17, 15) is 0 Å². The molecule has 0 bridgehead atoms. The zero-order valence-corrected chi connectivity index (χ0v) is 14.0. The number of H-pyrrole nitrogens is 1. The van der Waals surface area contributed by atoms with Crippen molar-refractivity contribution in [3.8, 4) is 11.1 Å². The van der Waals surface area contributed by atoms with Gasteiger partial charge in [-0.2, -0.15) is 10.2 Å². The fraction of sp³-hybridized carbons (Fsp3) is 0.368. The number of hydrogen-bond donors (Lipinski definition) is 1. The Morgan fingerprint density at radius 3 is 2.62 bits per heavy atom. The van der Waals surface area contributed by atoms with E-state index in [4.69, 9.17) is 0 Å². The van der Waals surface area contributed by atoms with Gasteiger partial charge in [-0.3, -0.25) is 14.7 Å². The van der Waals surface area contributed by atoms with Gasteiger partial charge in [0.1, 0.15) is 0 Å². The first kappa shape index (κ1) is 15.1. The van der Waals surface area contributed by atoms with Crippen molar-refractivity contribution < 1.29 is 0 Å². The average molecular weight is 321 g/mol. The summed E-state index contributed by atoms with van der Waals surface area (Å²) in [4.78, 5) is 2.52. The van der Waals surface area contributed by atoms with Crippen LogP contribution in [0, 0.1) is 0 Å². The van der Waals surface area contributed by atoms with Gasteiger partial charge in [0.05, 0.1) is 12.4 Å². The van der Waals surface area contributed by atoms with Crippen molar-refractivity contribution in [1.82, 2.24) is 24.9 Å². The number of nitrogens with zero attached hydrogens (tertiary/aromatic N) is 4. The highest BCUT2D eigenvalue weighted by atomic mass is 15.2. The van der Waals surface area contributed by atoms with Gasteiger partial charge in [-0.1, -0.05) is 30.3 Å². The standard InChI is InChI=1S/C19H23N5/c1-23-13-15(11-21-23)14-24-9-7-17(8-10-24)19-18(12-20-22-19)16-5-3-2-4-6-16/h2-6,11-13,17H,7-10,14H2,1H3,(H,20,22). The smallest absolute Gasteiger partial charge is 0.0568 e. The maximum absolute atomic E-state index is 4.31. The third-order valence-corrected chi connectivity index (χ3v) is 4.91. The highest BCUT2D eigenvalue weighted by Crippen LogP contribution is 2.33. The molecule has 5 heteroatoms. The molecule has 0 amide bonds. The van der Waals surface area contributed by atoms with Crippen LogP contribution in [0.3, 0.4) is 0 Å². The number of rotatable bonds is 4. The lowest BCUT2D eigenvalue weighted by Crippen LogP contribution is -2.32. The SMILES string of the molecule is Cn1cc(CN2CCC(c3[nH]ncc3-c3ccccc3)CC2)cn1. The number of piperidine rings is 1. The first-order valence-electron chi connectivity index (χ1n) is 8.58. The van der Waals surface area contributed by atoms with E-state index in [0.29, 0.717) is 5.92 Å². The van der Waals surface area contributed by atoms with Gasteiger partial charge in [-0.05, 0) is 31.5 Å². The predicted octanol–water partition coefficient (Wildman–Crippen LogP) is 3.19. The average Bonchev–Trinajstić information content (AvgIpc) is 3.26. The summed E-state index contributed by atoms with van der Waals surface area (Å²) in [6.45, 7) is 3.23. The summed E-state index contributed by atoms with van der Waals surface area (Å²) in [6, 6.07) is 10.5. The molecule has 1 fully saturated rings. The van der Waals surface area contributed by atoms with Gasteiger partial charge in [0.15, 0.2) is 0 Å². The lowest BCUT2D eigenvalue weighted by atomic mass is 9.89. The topological polar surface area (TPSA) is 49.7 Å². The molecule has 0 unspecified atom stereocenters. The number of aromatic nitrogens is 4. The van der Waals surface area contributed by atoms with E-state index >= 15 is 0 Å². The highest BCUT2D eigenvalue weighted by Gasteiger charge is 2.24. The van der Waals surface area contributed by atoms with Gasteiger partial charge in [-0.25, -0.2) is 0 Å². The molecule has 1 aliphatic rings. The third-order valence-electron chi connectivity index (χ3n) is 4.91. The Labute approximate surface area is 142 Å². The summed E-state index contributed by atoms with van der Waals surface area (Å²) in [5.74, 6) is 0.563. The van der Waals surface area contributed by atoms with Crippen LogP contribution in [0.4, 0.5) is 0 Å². The molecule has 0 saturated carbocycles. The van der Waals surface area contributed by atoms with Crippen LogP contribution in [0.5, 0.6) is 0 Å². The van der Waals surface area contributed by atoms with E-state index in [1.165, 1.54) is 35.2 Å². The van der Waals surface area contributed by atoms with Crippen molar-refractivity contribution in [3.63, 3.8) is 0 Å². The Balaban J connectivity index is 1.42. The lowest BCUT2D eigenvalue weighted by molar-refractivity contribution is 0.203. The van der Waals surface area contributed by atoms with Crippen molar-refractivity contribution >= 4 is 0 Å². The van der Waals surface area contributed by atoms with Crippen LogP contribution in [0.2, 0.25) is 0 Å². The minimum atomic E-state index is 0.563. The lowest BCUT2D eigenvalue weighted by Gasteiger charge is -2.31. The van der Waals surface area contributed by atoms with Crippen LogP contribution >= 0.6 is 0 Å². The van der Waals surface area contributed by atoms with Gasteiger partial charge in [-0.15, -0.1) is 0 Å². The molecule has 1 aliphatic heterocycles. The van der Waals surface area contributed by atoms with Crippen molar-refractivity contribution in [3.05, 3.63) is 60.2 Å². The summed E-state index contributed by atoms with van der Waals surface area (Å²) >= 11 is 0. The number of aryl methyl sites for hydroxylation is 1. The van der Waals surface area contributed by atoms with Crippen molar-refractivity contribution in [2.24, 2.45) is 7.05 Å². The summed E-state index contributed by atoms with van der Waals surface area (Å²) < 4.78 is 1.87. The summed E-state index contributed by atoms with van der Waals surface area (Å²) in [5, 5.41) is 11.8. The van der Waals surface area contributed by atoms with E-state index in [2.05, 4.69) is 56.7 Å². The normalized spacial score (nSPS) is 16.5. The molecule has 124 valence electrons. The van der Waals surface area contributed by atoms with Gasteiger partial charge < -0.3 is 0 Å². The van der Waals surface area contributed by atoms with Crippen molar-refractivity contribution in [2.75, 3.05) is 13.1 Å². The number of nitrogens with one attached hydrogen (secondary N) is 1. The molecule has 0 spiro atoms. The fourth-order valence-electron chi connectivity index (χ4n) is 3.65. The molecule has 1 aromatic carbocycles. The Bertz CT molecular complexity index is 781. The van der Waals surface area contributed by atoms with E-state index in [1.807, 2.05) is 24.1 Å². The van der Waals surface area contributed by atoms with Crippen LogP contribution in [-0.4, -0.2) is 38.0 Å². The molecular formula is C19H23N5. The monoisotopic (exact) mass is 321 g/mol.